The molecule has 76 valence electrons. The van der Waals surface area contributed by atoms with Gasteiger partial charge in [-0.15, -0.1) is 20.4 Å². The molecule has 0 bridgehead atoms. The van der Waals surface area contributed by atoms with Crippen LogP contribution in [0.5, 0.6) is 5.75 Å². The lowest BCUT2D eigenvalue weighted by Gasteiger charge is -2.02. The van der Waals surface area contributed by atoms with Crippen molar-refractivity contribution in [3.63, 3.8) is 0 Å². The molecule has 0 unspecified atom stereocenters. The maximum atomic E-state index is 9.39. The van der Waals surface area contributed by atoms with Crippen molar-refractivity contribution >= 4 is 11.6 Å². The summed E-state index contributed by atoms with van der Waals surface area (Å²) < 4.78 is 0. The average molecular weight is 223 g/mol. The van der Waals surface area contributed by atoms with E-state index in [-0.39, 0.29) is 10.8 Å². The SMILES string of the molecule is Cc1nnc(-c2cccc(O)c2Cl)nn1. The Balaban J connectivity index is 2.54. The predicted molar refractivity (Wildman–Crippen MR) is 54.5 cm³/mol. The first-order valence-corrected chi connectivity index (χ1v) is 4.58. The number of phenols is 1. The van der Waals surface area contributed by atoms with Gasteiger partial charge in [-0.25, -0.2) is 0 Å². The van der Waals surface area contributed by atoms with E-state index in [1.807, 2.05) is 0 Å². The van der Waals surface area contributed by atoms with E-state index in [0.29, 0.717) is 17.2 Å². The van der Waals surface area contributed by atoms with Gasteiger partial charge in [-0.05, 0) is 19.1 Å². The first kappa shape index (κ1) is 9.79. The summed E-state index contributed by atoms with van der Waals surface area (Å²) in [6.45, 7) is 1.69. The number of aromatic hydroxyl groups is 1. The lowest BCUT2D eigenvalue weighted by Crippen LogP contribution is -1.98. The summed E-state index contributed by atoms with van der Waals surface area (Å²) in [5.74, 6) is 0.759. The van der Waals surface area contributed by atoms with Gasteiger partial charge >= 0.3 is 0 Å². The Morgan fingerprint density at radius 1 is 1.13 bits per heavy atom. The van der Waals surface area contributed by atoms with Gasteiger partial charge in [-0.1, -0.05) is 17.7 Å². The normalized spacial score (nSPS) is 10.3. The summed E-state index contributed by atoms with van der Waals surface area (Å²) in [6, 6.07) is 4.83. The molecule has 1 aromatic carbocycles. The number of phenolic OH excluding ortho intramolecular Hbond substituents is 1. The minimum Gasteiger partial charge on any atom is -0.506 e. The quantitative estimate of drug-likeness (QED) is 0.794. The van der Waals surface area contributed by atoms with E-state index in [4.69, 9.17) is 11.6 Å². The van der Waals surface area contributed by atoms with Crippen molar-refractivity contribution < 1.29 is 5.11 Å². The molecule has 0 aliphatic carbocycles. The highest BCUT2D eigenvalue weighted by Crippen LogP contribution is 2.31. The van der Waals surface area contributed by atoms with Gasteiger partial charge in [0.2, 0.25) is 5.82 Å². The molecule has 0 spiro atoms. The maximum absolute atomic E-state index is 9.39. The zero-order valence-corrected chi connectivity index (χ0v) is 8.60. The zero-order valence-electron chi connectivity index (χ0n) is 7.85. The Labute approximate surface area is 90.8 Å². The van der Waals surface area contributed by atoms with E-state index in [0.717, 1.165) is 0 Å². The van der Waals surface area contributed by atoms with E-state index in [9.17, 15) is 5.11 Å². The van der Waals surface area contributed by atoms with E-state index >= 15 is 0 Å². The van der Waals surface area contributed by atoms with Gasteiger partial charge in [0.1, 0.15) is 5.75 Å². The highest BCUT2D eigenvalue weighted by molar-refractivity contribution is 6.34. The Morgan fingerprint density at radius 2 is 1.80 bits per heavy atom. The molecule has 0 saturated heterocycles. The first-order valence-electron chi connectivity index (χ1n) is 4.20. The van der Waals surface area contributed by atoms with Crippen LogP contribution in [-0.2, 0) is 0 Å². The molecule has 6 heteroatoms. The van der Waals surface area contributed by atoms with Crippen LogP contribution >= 0.6 is 11.6 Å². The van der Waals surface area contributed by atoms with Gasteiger partial charge < -0.3 is 5.11 Å². The molecule has 2 aromatic rings. The highest BCUT2D eigenvalue weighted by Gasteiger charge is 2.10. The van der Waals surface area contributed by atoms with Gasteiger partial charge in [0.05, 0.1) is 5.02 Å². The van der Waals surface area contributed by atoms with Crippen molar-refractivity contribution in [1.82, 2.24) is 20.4 Å². The van der Waals surface area contributed by atoms with E-state index in [1.165, 1.54) is 6.07 Å². The summed E-state index contributed by atoms with van der Waals surface area (Å²) in [6.07, 6.45) is 0. The van der Waals surface area contributed by atoms with Crippen molar-refractivity contribution in [2.24, 2.45) is 0 Å². The number of aryl methyl sites for hydroxylation is 1. The lowest BCUT2D eigenvalue weighted by molar-refractivity contribution is 0.476. The van der Waals surface area contributed by atoms with Gasteiger partial charge in [-0.3, -0.25) is 0 Å². The topological polar surface area (TPSA) is 71.8 Å². The fraction of sp³-hybridized carbons (Fsp3) is 0.111. The fourth-order valence-electron chi connectivity index (χ4n) is 1.08. The second-order valence-electron chi connectivity index (χ2n) is 2.91. The molecule has 1 heterocycles. The molecular formula is C9H7ClN4O. The van der Waals surface area contributed by atoms with Crippen LogP contribution in [0.2, 0.25) is 5.02 Å². The molecule has 2 rings (SSSR count). The molecule has 5 nitrogen and oxygen atoms in total. The molecule has 0 aliphatic heterocycles. The van der Waals surface area contributed by atoms with E-state index < -0.39 is 0 Å². The minimum atomic E-state index is -0.0154. The van der Waals surface area contributed by atoms with Gasteiger partial charge in [-0.2, -0.15) is 0 Å². The fourth-order valence-corrected chi connectivity index (χ4v) is 1.29. The Bertz CT molecular complexity index is 486. The third-order valence-corrected chi connectivity index (χ3v) is 2.20. The Morgan fingerprint density at radius 3 is 2.47 bits per heavy atom. The van der Waals surface area contributed by atoms with Gasteiger partial charge in [0, 0.05) is 5.56 Å². The summed E-state index contributed by atoms with van der Waals surface area (Å²) in [4.78, 5) is 0. The van der Waals surface area contributed by atoms with Crippen LogP contribution in [0, 0.1) is 6.92 Å². The Hall–Kier alpha value is -1.75. The highest BCUT2D eigenvalue weighted by atomic mass is 35.5. The van der Waals surface area contributed by atoms with Crippen LogP contribution in [0.3, 0.4) is 0 Å². The predicted octanol–water partition coefficient (Wildman–Crippen LogP) is 1.60. The molecule has 0 fully saturated rings. The summed E-state index contributed by atoms with van der Waals surface area (Å²) in [5.41, 5.74) is 0.511. The Kier molecular flexibility index (Phi) is 2.47. The van der Waals surface area contributed by atoms with Crippen molar-refractivity contribution in [2.45, 2.75) is 6.92 Å². The maximum Gasteiger partial charge on any atom is 0.205 e. The third-order valence-electron chi connectivity index (χ3n) is 1.80. The number of hydrogen-bond donors (Lipinski definition) is 1. The number of hydrogen-bond acceptors (Lipinski definition) is 5. The molecule has 0 aliphatic rings. The van der Waals surface area contributed by atoms with E-state index in [1.54, 1.807) is 19.1 Å². The largest absolute Gasteiger partial charge is 0.506 e. The molecule has 0 radical (unpaired) electrons. The monoisotopic (exact) mass is 222 g/mol. The third kappa shape index (κ3) is 1.87. The second kappa shape index (κ2) is 3.78. The van der Waals surface area contributed by atoms with Gasteiger partial charge in [0.15, 0.2) is 5.82 Å². The summed E-state index contributed by atoms with van der Waals surface area (Å²) in [5, 5.41) is 24.8. The lowest BCUT2D eigenvalue weighted by atomic mass is 10.2. The van der Waals surface area contributed by atoms with Crippen LogP contribution in [0.25, 0.3) is 11.4 Å². The van der Waals surface area contributed by atoms with Crippen LogP contribution in [-0.4, -0.2) is 25.5 Å². The number of nitrogens with zero attached hydrogens (tertiary/aromatic N) is 4. The zero-order chi connectivity index (χ0) is 10.8. The molecule has 1 aromatic heterocycles. The second-order valence-corrected chi connectivity index (χ2v) is 3.29. The van der Waals surface area contributed by atoms with E-state index in [2.05, 4.69) is 20.4 Å². The molecule has 0 amide bonds. The van der Waals surface area contributed by atoms with Crippen LogP contribution in [0.1, 0.15) is 5.82 Å². The smallest absolute Gasteiger partial charge is 0.205 e. The molecule has 0 atom stereocenters. The average Bonchev–Trinajstić information content (AvgIpc) is 2.24. The molecule has 15 heavy (non-hydrogen) atoms. The van der Waals surface area contributed by atoms with Crippen molar-refractivity contribution in [3.05, 3.63) is 29.0 Å². The number of halogens is 1. The van der Waals surface area contributed by atoms with Crippen molar-refractivity contribution in [2.75, 3.05) is 0 Å². The minimum absolute atomic E-state index is 0.0154. The molecule has 1 N–H and O–H groups in total. The van der Waals surface area contributed by atoms with Crippen LogP contribution in [0.4, 0.5) is 0 Å². The number of benzene rings is 1. The first-order chi connectivity index (χ1) is 7.18. The standard InChI is InChI=1S/C9H7ClN4O/c1-5-11-13-9(14-12-5)6-3-2-4-7(15)8(6)10/h2-4,15H,1H3. The molecular weight excluding hydrogens is 216 g/mol. The van der Waals surface area contributed by atoms with Crippen LogP contribution < -0.4 is 0 Å². The van der Waals surface area contributed by atoms with Gasteiger partial charge in [0.25, 0.3) is 0 Å². The summed E-state index contributed by atoms with van der Waals surface area (Å²) in [7, 11) is 0. The molecule has 0 saturated carbocycles. The number of rotatable bonds is 1. The van der Waals surface area contributed by atoms with Crippen molar-refractivity contribution in [3.8, 4) is 17.1 Å². The number of aromatic nitrogens is 4. The van der Waals surface area contributed by atoms with Crippen molar-refractivity contribution in [1.29, 1.82) is 0 Å². The van der Waals surface area contributed by atoms with Crippen LogP contribution in [0.15, 0.2) is 18.2 Å². The summed E-state index contributed by atoms with van der Waals surface area (Å²) >= 11 is 5.88.